The minimum atomic E-state index is -0.635. The van der Waals surface area contributed by atoms with Crippen molar-refractivity contribution in [1.82, 2.24) is 4.98 Å². The predicted octanol–water partition coefficient (Wildman–Crippen LogP) is 2.46. The van der Waals surface area contributed by atoms with Gasteiger partial charge in [0.1, 0.15) is 0 Å². The second-order valence-electron chi connectivity index (χ2n) is 2.56. The van der Waals surface area contributed by atoms with Crippen LogP contribution < -0.4 is 0 Å². The highest BCUT2D eigenvalue weighted by molar-refractivity contribution is 7.98. The summed E-state index contributed by atoms with van der Waals surface area (Å²) in [6.45, 7) is 0. The SMILES string of the molecule is CSc1cccc2nc([N+](=O)[O-])oc12. The van der Waals surface area contributed by atoms with Crippen LogP contribution in [0, 0.1) is 10.1 Å². The first-order valence-electron chi connectivity index (χ1n) is 3.80. The van der Waals surface area contributed by atoms with Crippen LogP contribution in [0.1, 0.15) is 0 Å². The second kappa shape index (κ2) is 3.30. The number of para-hydroxylation sites is 1. The average molecular weight is 210 g/mol. The number of rotatable bonds is 2. The molecule has 5 nitrogen and oxygen atoms in total. The fourth-order valence-corrected chi connectivity index (χ4v) is 1.70. The third-order valence-electron chi connectivity index (χ3n) is 1.74. The Hall–Kier alpha value is -1.56. The monoisotopic (exact) mass is 210 g/mol. The number of benzene rings is 1. The van der Waals surface area contributed by atoms with Gasteiger partial charge in [-0.1, -0.05) is 6.07 Å². The lowest BCUT2D eigenvalue weighted by Gasteiger charge is -1.91. The summed E-state index contributed by atoms with van der Waals surface area (Å²) in [7, 11) is 0. The molecule has 6 heteroatoms. The number of thioether (sulfide) groups is 1. The number of nitrogens with zero attached hydrogens (tertiary/aromatic N) is 2. The highest BCUT2D eigenvalue weighted by atomic mass is 32.2. The number of hydrogen-bond acceptors (Lipinski definition) is 5. The molecule has 0 spiro atoms. The van der Waals surface area contributed by atoms with Gasteiger partial charge in [-0.15, -0.1) is 11.8 Å². The Kier molecular flexibility index (Phi) is 2.12. The van der Waals surface area contributed by atoms with Crippen LogP contribution in [0.4, 0.5) is 6.01 Å². The lowest BCUT2D eigenvalue weighted by Crippen LogP contribution is -1.85. The average Bonchev–Trinajstić information content (AvgIpc) is 2.60. The van der Waals surface area contributed by atoms with Crippen molar-refractivity contribution < 1.29 is 9.34 Å². The molecule has 72 valence electrons. The fraction of sp³-hybridized carbons (Fsp3) is 0.125. The van der Waals surface area contributed by atoms with Crippen molar-refractivity contribution in [3.05, 3.63) is 28.3 Å². The molecule has 1 aromatic carbocycles. The molecule has 0 aliphatic carbocycles. The smallest absolute Gasteiger partial charge is 0.380 e. The van der Waals surface area contributed by atoms with Crippen LogP contribution in [0.2, 0.25) is 0 Å². The molecule has 0 saturated heterocycles. The van der Waals surface area contributed by atoms with Crippen LogP contribution in [-0.2, 0) is 0 Å². The van der Waals surface area contributed by atoms with Crippen molar-refractivity contribution >= 4 is 28.9 Å². The molecule has 0 N–H and O–H groups in total. The van der Waals surface area contributed by atoms with Crippen molar-refractivity contribution in [3.8, 4) is 0 Å². The standard InChI is InChI=1S/C8H6N2O3S/c1-14-6-4-2-3-5-7(6)13-8(9-5)10(11)12/h2-4H,1H3. The van der Waals surface area contributed by atoms with Gasteiger partial charge in [0.05, 0.1) is 4.90 Å². The van der Waals surface area contributed by atoms with E-state index in [0.717, 1.165) is 4.90 Å². The normalized spacial score (nSPS) is 10.6. The molecule has 2 aromatic rings. The van der Waals surface area contributed by atoms with E-state index in [4.69, 9.17) is 4.42 Å². The van der Waals surface area contributed by atoms with Gasteiger partial charge < -0.3 is 14.5 Å². The first kappa shape index (κ1) is 9.01. The molecule has 1 aromatic heterocycles. The van der Waals surface area contributed by atoms with Crippen molar-refractivity contribution in [1.29, 1.82) is 0 Å². The van der Waals surface area contributed by atoms with Gasteiger partial charge in [0.25, 0.3) is 0 Å². The Morgan fingerprint density at radius 3 is 3.00 bits per heavy atom. The summed E-state index contributed by atoms with van der Waals surface area (Å²) in [5, 5.41) is 10.4. The Morgan fingerprint density at radius 1 is 1.57 bits per heavy atom. The summed E-state index contributed by atoms with van der Waals surface area (Å²) in [6, 6.07) is 4.86. The molecule has 0 aliphatic heterocycles. The maximum absolute atomic E-state index is 10.4. The molecule has 0 saturated carbocycles. The largest absolute Gasteiger partial charge is 0.546 e. The number of nitro groups is 1. The van der Waals surface area contributed by atoms with Crippen LogP contribution >= 0.6 is 11.8 Å². The summed E-state index contributed by atoms with van der Waals surface area (Å²) >= 11 is 1.47. The van der Waals surface area contributed by atoms with Gasteiger partial charge in [-0.05, 0) is 18.4 Å². The van der Waals surface area contributed by atoms with Gasteiger partial charge in [-0.3, -0.25) is 0 Å². The molecule has 1 heterocycles. The van der Waals surface area contributed by atoms with Crippen molar-refractivity contribution in [2.45, 2.75) is 4.90 Å². The Balaban J connectivity index is 2.70. The van der Waals surface area contributed by atoms with Gasteiger partial charge in [0.15, 0.2) is 5.58 Å². The van der Waals surface area contributed by atoms with Crippen molar-refractivity contribution in [2.75, 3.05) is 6.26 Å². The van der Waals surface area contributed by atoms with E-state index >= 15 is 0 Å². The van der Waals surface area contributed by atoms with Gasteiger partial charge >= 0.3 is 6.01 Å². The summed E-state index contributed by atoms with van der Waals surface area (Å²) in [5.41, 5.74) is 0.996. The van der Waals surface area contributed by atoms with Crippen LogP contribution in [0.25, 0.3) is 11.1 Å². The van der Waals surface area contributed by atoms with E-state index in [2.05, 4.69) is 4.98 Å². The molecular weight excluding hydrogens is 204 g/mol. The molecule has 0 amide bonds. The van der Waals surface area contributed by atoms with Crippen molar-refractivity contribution in [3.63, 3.8) is 0 Å². The molecule has 0 fully saturated rings. The third kappa shape index (κ3) is 1.33. The highest BCUT2D eigenvalue weighted by Gasteiger charge is 2.19. The maximum atomic E-state index is 10.4. The second-order valence-corrected chi connectivity index (χ2v) is 3.41. The zero-order valence-corrected chi connectivity index (χ0v) is 8.08. The quantitative estimate of drug-likeness (QED) is 0.432. The van der Waals surface area contributed by atoms with Gasteiger partial charge in [-0.25, -0.2) is 0 Å². The van der Waals surface area contributed by atoms with E-state index in [9.17, 15) is 10.1 Å². The topological polar surface area (TPSA) is 69.2 Å². The molecule has 0 bridgehead atoms. The Morgan fingerprint density at radius 2 is 2.36 bits per heavy atom. The molecular formula is C8H6N2O3S. The summed E-state index contributed by atoms with van der Waals surface area (Å²) < 4.78 is 5.02. The summed E-state index contributed by atoms with van der Waals surface area (Å²) in [5.74, 6) is 0. The van der Waals surface area contributed by atoms with E-state index in [1.807, 2.05) is 12.3 Å². The lowest BCUT2D eigenvalue weighted by atomic mass is 10.3. The maximum Gasteiger partial charge on any atom is 0.546 e. The summed E-state index contributed by atoms with van der Waals surface area (Å²) in [4.78, 5) is 14.4. The van der Waals surface area contributed by atoms with Crippen LogP contribution in [0.5, 0.6) is 0 Å². The molecule has 0 radical (unpaired) electrons. The zero-order valence-electron chi connectivity index (χ0n) is 7.26. The first-order chi connectivity index (χ1) is 6.72. The van der Waals surface area contributed by atoms with Gasteiger partial charge in [0.2, 0.25) is 5.52 Å². The minimum Gasteiger partial charge on any atom is -0.380 e. The van der Waals surface area contributed by atoms with Crippen LogP contribution in [-0.4, -0.2) is 16.2 Å². The lowest BCUT2D eigenvalue weighted by molar-refractivity contribution is -0.406. The van der Waals surface area contributed by atoms with Crippen LogP contribution in [0.15, 0.2) is 27.5 Å². The number of fused-ring (bicyclic) bond motifs is 1. The van der Waals surface area contributed by atoms with E-state index in [1.165, 1.54) is 11.8 Å². The van der Waals surface area contributed by atoms with Crippen molar-refractivity contribution in [2.24, 2.45) is 0 Å². The van der Waals surface area contributed by atoms with E-state index in [1.54, 1.807) is 12.1 Å². The number of hydrogen-bond donors (Lipinski definition) is 0. The van der Waals surface area contributed by atoms with E-state index < -0.39 is 10.9 Å². The van der Waals surface area contributed by atoms with Gasteiger partial charge in [-0.2, -0.15) is 0 Å². The number of aromatic nitrogens is 1. The molecule has 0 aliphatic rings. The molecule has 2 rings (SSSR count). The molecule has 0 atom stereocenters. The van der Waals surface area contributed by atoms with Gasteiger partial charge in [0, 0.05) is 9.91 Å². The fourth-order valence-electron chi connectivity index (χ4n) is 1.15. The van der Waals surface area contributed by atoms with Crippen LogP contribution in [0.3, 0.4) is 0 Å². The Bertz CT molecular complexity index is 494. The predicted molar refractivity (Wildman–Crippen MR) is 52.4 cm³/mol. The molecule has 14 heavy (non-hydrogen) atoms. The first-order valence-corrected chi connectivity index (χ1v) is 5.03. The zero-order chi connectivity index (χ0) is 10.1. The minimum absolute atomic E-state index is 0.457. The Labute approximate surface area is 83.3 Å². The third-order valence-corrected chi connectivity index (χ3v) is 2.50. The number of oxazole rings is 1. The highest BCUT2D eigenvalue weighted by Crippen LogP contribution is 2.28. The van der Waals surface area contributed by atoms with E-state index in [0.29, 0.717) is 11.1 Å². The summed E-state index contributed by atoms with van der Waals surface area (Å²) in [6.07, 6.45) is 1.88. The van der Waals surface area contributed by atoms with E-state index in [-0.39, 0.29) is 0 Å². The molecule has 0 unspecified atom stereocenters.